The molecule has 0 aliphatic heterocycles. The highest BCUT2D eigenvalue weighted by atomic mass is 35.5. The second-order valence-corrected chi connectivity index (χ2v) is 8.78. The summed E-state index contributed by atoms with van der Waals surface area (Å²) in [7, 11) is 0. The standard InChI is InChI=1S/C29H26ClFN2O4/c30-25-10-4-5-11-27(25)37-20-28(34)33(19-22-12-14-23(31)15-13-22)26(17-21-7-2-1-3-8-21)29(35)32-18-24-9-6-16-36-24/h1-16,26H,17-20H2,(H,32,35). The Morgan fingerprint density at radius 2 is 1.65 bits per heavy atom. The van der Waals surface area contributed by atoms with Crippen LogP contribution < -0.4 is 10.1 Å². The average molecular weight is 521 g/mol. The van der Waals surface area contributed by atoms with Gasteiger partial charge in [-0.3, -0.25) is 9.59 Å². The maximum absolute atomic E-state index is 13.6. The number of hydrogen-bond acceptors (Lipinski definition) is 4. The third-order valence-corrected chi connectivity index (χ3v) is 6.05. The Labute approximate surface area is 219 Å². The fraction of sp³-hybridized carbons (Fsp3) is 0.172. The van der Waals surface area contributed by atoms with Gasteiger partial charge in [-0.05, 0) is 47.5 Å². The molecule has 0 aliphatic carbocycles. The van der Waals surface area contributed by atoms with E-state index >= 15 is 0 Å². The van der Waals surface area contributed by atoms with E-state index < -0.39 is 11.9 Å². The number of carbonyl (C=O) groups is 2. The molecule has 0 saturated heterocycles. The van der Waals surface area contributed by atoms with Gasteiger partial charge in [-0.15, -0.1) is 0 Å². The molecule has 0 bridgehead atoms. The molecule has 1 atom stereocenters. The molecule has 0 fully saturated rings. The van der Waals surface area contributed by atoms with Gasteiger partial charge in [0.15, 0.2) is 6.61 Å². The molecule has 1 unspecified atom stereocenters. The SMILES string of the molecule is O=C(NCc1ccco1)C(Cc1ccccc1)N(Cc1ccc(F)cc1)C(=O)COc1ccccc1Cl. The number of nitrogens with zero attached hydrogens (tertiary/aromatic N) is 1. The summed E-state index contributed by atoms with van der Waals surface area (Å²) in [6.45, 7) is -0.0792. The highest BCUT2D eigenvalue weighted by Crippen LogP contribution is 2.23. The fourth-order valence-electron chi connectivity index (χ4n) is 3.83. The lowest BCUT2D eigenvalue weighted by atomic mass is 10.0. The van der Waals surface area contributed by atoms with Gasteiger partial charge in [-0.2, -0.15) is 0 Å². The van der Waals surface area contributed by atoms with Crippen LogP contribution in [0.15, 0.2) is 102 Å². The van der Waals surface area contributed by atoms with Crippen LogP contribution in [0.1, 0.15) is 16.9 Å². The predicted octanol–water partition coefficient (Wildman–Crippen LogP) is 5.41. The molecule has 4 aromatic rings. The first-order valence-electron chi connectivity index (χ1n) is 11.7. The first-order valence-corrected chi connectivity index (χ1v) is 12.1. The Hall–Kier alpha value is -4.10. The van der Waals surface area contributed by atoms with Gasteiger partial charge in [-0.1, -0.05) is 66.2 Å². The largest absolute Gasteiger partial charge is 0.482 e. The number of furan rings is 1. The first kappa shape index (κ1) is 26.0. The van der Waals surface area contributed by atoms with Crippen molar-refractivity contribution in [1.82, 2.24) is 10.2 Å². The number of amides is 2. The molecule has 0 aliphatic rings. The first-order chi connectivity index (χ1) is 18.0. The summed E-state index contributed by atoms with van der Waals surface area (Å²) >= 11 is 6.18. The fourth-order valence-corrected chi connectivity index (χ4v) is 4.02. The zero-order chi connectivity index (χ0) is 26.0. The number of carbonyl (C=O) groups excluding carboxylic acids is 2. The lowest BCUT2D eigenvalue weighted by Crippen LogP contribution is -2.51. The highest BCUT2D eigenvalue weighted by Gasteiger charge is 2.31. The van der Waals surface area contributed by atoms with E-state index in [0.717, 1.165) is 5.56 Å². The number of halogens is 2. The van der Waals surface area contributed by atoms with Gasteiger partial charge in [0.2, 0.25) is 5.91 Å². The molecule has 0 radical (unpaired) electrons. The van der Waals surface area contributed by atoms with Crippen LogP contribution >= 0.6 is 11.6 Å². The smallest absolute Gasteiger partial charge is 0.261 e. The Kier molecular flexibility index (Phi) is 8.94. The van der Waals surface area contributed by atoms with Crippen molar-refractivity contribution in [2.24, 2.45) is 0 Å². The molecular formula is C29H26ClFN2O4. The molecule has 190 valence electrons. The quantitative estimate of drug-likeness (QED) is 0.287. The number of rotatable bonds is 11. The van der Waals surface area contributed by atoms with Crippen LogP contribution in [0.2, 0.25) is 5.02 Å². The number of benzene rings is 3. The zero-order valence-corrected chi connectivity index (χ0v) is 20.7. The molecule has 0 spiro atoms. The summed E-state index contributed by atoms with van der Waals surface area (Å²) in [5.74, 6) is -0.209. The van der Waals surface area contributed by atoms with Gasteiger partial charge >= 0.3 is 0 Å². The summed E-state index contributed by atoms with van der Waals surface area (Å²) in [6, 6.07) is 24.7. The van der Waals surface area contributed by atoms with E-state index in [9.17, 15) is 14.0 Å². The normalized spacial score (nSPS) is 11.5. The van der Waals surface area contributed by atoms with Gasteiger partial charge < -0.3 is 19.4 Å². The van der Waals surface area contributed by atoms with E-state index in [1.54, 1.807) is 48.5 Å². The second kappa shape index (κ2) is 12.7. The number of ether oxygens (including phenoxy) is 1. The van der Waals surface area contributed by atoms with Crippen LogP contribution in [-0.2, 0) is 29.1 Å². The molecule has 0 saturated carbocycles. The summed E-state index contributed by atoms with van der Waals surface area (Å²) in [6.07, 6.45) is 1.79. The van der Waals surface area contributed by atoms with Crippen LogP contribution in [-0.4, -0.2) is 29.4 Å². The molecule has 6 nitrogen and oxygen atoms in total. The van der Waals surface area contributed by atoms with E-state index in [0.29, 0.717) is 22.1 Å². The van der Waals surface area contributed by atoms with E-state index in [4.69, 9.17) is 20.8 Å². The Morgan fingerprint density at radius 1 is 0.919 bits per heavy atom. The lowest BCUT2D eigenvalue weighted by Gasteiger charge is -2.31. The van der Waals surface area contributed by atoms with Crippen molar-refractivity contribution in [3.8, 4) is 5.75 Å². The monoisotopic (exact) mass is 520 g/mol. The van der Waals surface area contributed by atoms with E-state index in [2.05, 4.69) is 5.32 Å². The van der Waals surface area contributed by atoms with Gasteiger partial charge in [-0.25, -0.2) is 4.39 Å². The van der Waals surface area contributed by atoms with Gasteiger partial charge in [0.05, 0.1) is 17.8 Å². The van der Waals surface area contributed by atoms with Crippen molar-refractivity contribution < 1.29 is 23.1 Å². The molecule has 4 rings (SSSR count). The van der Waals surface area contributed by atoms with Crippen LogP contribution in [0.25, 0.3) is 0 Å². The molecule has 1 N–H and O–H groups in total. The van der Waals surface area contributed by atoms with Gasteiger partial charge in [0.1, 0.15) is 23.4 Å². The molecule has 1 aromatic heterocycles. The number of hydrogen-bond donors (Lipinski definition) is 1. The third kappa shape index (κ3) is 7.44. The summed E-state index contributed by atoms with van der Waals surface area (Å²) < 4.78 is 24.6. The molecule has 1 heterocycles. The van der Waals surface area contributed by atoms with Crippen LogP contribution in [0.3, 0.4) is 0 Å². The summed E-state index contributed by atoms with van der Waals surface area (Å²) in [5, 5.41) is 3.24. The molecule has 2 amide bonds. The topological polar surface area (TPSA) is 71.8 Å². The van der Waals surface area contributed by atoms with E-state index in [1.807, 2.05) is 30.3 Å². The molecule has 37 heavy (non-hydrogen) atoms. The van der Waals surface area contributed by atoms with Crippen molar-refractivity contribution in [2.75, 3.05) is 6.61 Å². The molecule has 8 heteroatoms. The van der Waals surface area contributed by atoms with Crippen LogP contribution in [0, 0.1) is 5.82 Å². The van der Waals surface area contributed by atoms with Crippen molar-refractivity contribution in [2.45, 2.75) is 25.6 Å². The minimum atomic E-state index is -0.871. The minimum Gasteiger partial charge on any atom is -0.482 e. The van der Waals surface area contributed by atoms with Crippen molar-refractivity contribution in [3.63, 3.8) is 0 Å². The maximum Gasteiger partial charge on any atom is 0.261 e. The summed E-state index contributed by atoms with van der Waals surface area (Å²) in [5.41, 5.74) is 1.55. The Balaban J connectivity index is 1.61. The summed E-state index contributed by atoms with van der Waals surface area (Å²) in [4.78, 5) is 28.5. The Bertz CT molecular complexity index is 1300. The molecular weight excluding hydrogens is 495 g/mol. The number of nitrogens with one attached hydrogen (secondary N) is 1. The molecule has 3 aromatic carbocycles. The van der Waals surface area contributed by atoms with Gasteiger partial charge in [0, 0.05) is 13.0 Å². The van der Waals surface area contributed by atoms with Crippen molar-refractivity contribution in [3.05, 3.63) is 125 Å². The number of para-hydroxylation sites is 1. The third-order valence-electron chi connectivity index (χ3n) is 5.74. The van der Waals surface area contributed by atoms with Gasteiger partial charge in [0.25, 0.3) is 5.91 Å². The van der Waals surface area contributed by atoms with Crippen molar-refractivity contribution >= 4 is 23.4 Å². The zero-order valence-electron chi connectivity index (χ0n) is 20.0. The highest BCUT2D eigenvalue weighted by molar-refractivity contribution is 6.32. The average Bonchev–Trinajstić information content (AvgIpc) is 3.44. The minimum absolute atomic E-state index is 0.0800. The maximum atomic E-state index is 13.6. The Morgan fingerprint density at radius 3 is 2.35 bits per heavy atom. The predicted molar refractivity (Wildman–Crippen MR) is 138 cm³/mol. The second-order valence-electron chi connectivity index (χ2n) is 8.37. The van der Waals surface area contributed by atoms with Crippen LogP contribution in [0.5, 0.6) is 5.75 Å². The lowest BCUT2D eigenvalue weighted by molar-refractivity contribution is -0.142. The van der Waals surface area contributed by atoms with Crippen molar-refractivity contribution in [1.29, 1.82) is 0 Å². The van der Waals surface area contributed by atoms with E-state index in [-0.39, 0.29) is 37.8 Å². The van der Waals surface area contributed by atoms with Crippen LogP contribution in [0.4, 0.5) is 4.39 Å². The van der Waals surface area contributed by atoms with E-state index in [1.165, 1.54) is 23.3 Å².